The van der Waals surface area contributed by atoms with Crippen molar-refractivity contribution in [2.45, 2.75) is 105 Å². The van der Waals surface area contributed by atoms with Crippen LogP contribution in [0.4, 0.5) is 0 Å². The normalized spacial score (nSPS) is 11.2. The first-order valence-corrected chi connectivity index (χ1v) is 15.2. The van der Waals surface area contributed by atoms with Crippen LogP contribution in [0.1, 0.15) is 105 Å². The number of aliphatic imine (C=N–C) groups is 4. The Kier molecular flexibility index (Phi) is 41.2. The van der Waals surface area contributed by atoms with Crippen LogP contribution in [0.15, 0.2) is 20.0 Å². The van der Waals surface area contributed by atoms with Crippen molar-refractivity contribution < 1.29 is 124 Å². The van der Waals surface area contributed by atoms with Crippen molar-refractivity contribution in [2.75, 3.05) is 26.7 Å². The molecule has 0 rings (SSSR count). The first-order valence-electron chi connectivity index (χ1n) is 15.2. The molecular formula is C32H50N4O12Y2. The van der Waals surface area contributed by atoms with Gasteiger partial charge in [-0.05, 0) is 53.4 Å². The van der Waals surface area contributed by atoms with Crippen LogP contribution >= 0.6 is 0 Å². The van der Waals surface area contributed by atoms with Gasteiger partial charge in [-0.2, -0.15) is 0 Å². The molecule has 0 saturated heterocycles. The van der Waals surface area contributed by atoms with Gasteiger partial charge in [0.2, 0.25) is 0 Å². The van der Waals surface area contributed by atoms with Gasteiger partial charge in [-0.1, -0.05) is 6.92 Å². The van der Waals surface area contributed by atoms with Crippen LogP contribution < -0.4 is 0 Å². The third-order valence-corrected chi connectivity index (χ3v) is 5.94. The third kappa shape index (κ3) is 45.4. The zero-order chi connectivity index (χ0) is 37.7. The van der Waals surface area contributed by atoms with E-state index in [1.807, 2.05) is 6.92 Å². The van der Waals surface area contributed by atoms with Gasteiger partial charge in [0.15, 0.2) is 17.3 Å². The molecule has 0 aromatic carbocycles. The monoisotopic (exact) mass is 860 g/mol. The fourth-order valence-corrected chi connectivity index (χ4v) is 2.90. The number of hydrogen-bond acceptors (Lipinski definition) is 12. The molecule has 0 unspecified atom stereocenters. The molecule has 0 aliphatic carbocycles. The first-order chi connectivity index (χ1) is 22.3. The van der Waals surface area contributed by atoms with Gasteiger partial charge >= 0.3 is 23.9 Å². The maximum Gasteiger partial charge on any atom is 0.303 e. The summed E-state index contributed by atoms with van der Waals surface area (Å²) < 4.78 is 0. The number of nitrogens with zero attached hydrogens (tertiary/aromatic N) is 4. The second-order valence-corrected chi connectivity index (χ2v) is 10.6. The molecule has 0 spiro atoms. The Labute approximate surface area is 343 Å². The Bertz CT molecular complexity index is 1200. The molecule has 0 bridgehead atoms. The van der Waals surface area contributed by atoms with E-state index in [0.717, 1.165) is 5.71 Å². The van der Waals surface area contributed by atoms with Crippen molar-refractivity contribution in [1.82, 2.24) is 0 Å². The molecule has 0 atom stereocenters. The number of carboxylic acid groups (broad SMARTS) is 4. The summed E-state index contributed by atoms with van der Waals surface area (Å²) in [7, 11) is 1.66. The molecule has 2 radical (unpaired) electrons. The van der Waals surface area contributed by atoms with E-state index in [-0.39, 0.29) is 160 Å². The molecule has 0 aromatic rings. The SMILES string of the molecule is CC(CCC(=O)O)=NCC(=O)CC(=O)CN=C(C)CCC(=O)O.CCC(=O)CC(=O)CN=C(C)CCC(=O)O.CN=C(C)CCC(=O)O.[Y].[Y]. The van der Waals surface area contributed by atoms with Crippen molar-refractivity contribution >= 4 is 69.9 Å². The van der Waals surface area contributed by atoms with E-state index in [9.17, 15) is 38.4 Å². The predicted molar refractivity (Wildman–Crippen MR) is 180 cm³/mol. The Balaban J connectivity index is -0.000000218. The van der Waals surface area contributed by atoms with Crippen molar-refractivity contribution in [1.29, 1.82) is 0 Å². The maximum absolute atomic E-state index is 11.6. The van der Waals surface area contributed by atoms with Gasteiger partial charge in [-0.25, -0.2) is 0 Å². The fraction of sp³-hybridized carbons (Fsp3) is 0.625. The van der Waals surface area contributed by atoms with Gasteiger partial charge in [-0.3, -0.25) is 58.3 Å². The Morgan fingerprint density at radius 2 is 0.660 bits per heavy atom. The molecule has 18 heteroatoms. The molecule has 0 heterocycles. The summed E-state index contributed by atoms with van der Waals surface area (Å²) in [5.41, 5.74) is 2.61. The average Bonchev–Trinajstić information content (AvgIpc) is 3.01. The largest absolute Gasteiger partial charge is 0.481 e. The van der Waals surface area contributed by atoms with Crippen molar-refractivity contribution in [3.8, 4) is 0 Å². The second kappa shape index (κ2) is 36.2. The van der Waals surface area contributed by atoms with Crippen LogP contribution in [0.5, 0.6) is 0 Å². The van der Waals surface area contributed by atoms with Crippen molar-refractivity contribution in [3.63, 3.8) is 0 Å². The minimum absolute atomic E-state index is 0. The number of aliphatic carboxylic acids is 4. The number of rotatable bonds is 23. The molecule has 50 heavy (non-hydrogen) atoms. The van der Waals surface area contributed by atoms with E-state index in [1.54, 1.807) is 34.7 Å². The topological polar surface area (TPSA) is 267 Å². The van der Waals surface area contributed by atoms with Gasteiger partial charge in [0.1, 0.15) is 5.78 Å². The number of ketones is 4. The molecule has 0 fully saturated rings. The van der Waals surface area contributed by atoms with Gasteiger partial charge in [0.05, 0.1) is 58.2 Å². The Morgan fingerprint density at radius 1 is 0.420 bits per heavy atom. The molecule has 0 saturated carbocycles. The zero-order valence-corrected chi connectivity index (χ0v) is 35.6. The van der Waals surface area contributed by atoms with Crippen molar-refractivity contribution in [3.05, 3.63) is 0 Å². The summed E-state index contributed by atoms with van der Waals surface area (Å²) in [6.45, 7) is 8.13. The summed E-state index contributed by atoms with van der Waals surface area (Å²) in [4.78, 5) is 102. The maximum atomic E-state index is 11.6. The smallest absolute Gasteiger partial charge is 0.303 e. The molecule has 276 valence electrons. The van der Waals surface area contributed by atoms with Crippen molar-refractivity contribution in [2.24, 2.45) is 20.0 Å². The summed E-state index contributed by atoms with van der Waals surface area (Å²) in [6, 6.07) is 0. The summed E-state index contributed by atoms with van der Waals surface area (Å²) in [5, 5.41) is 33.7. The summed E-state index contributed by atoms with van der Waals surface area (Å²) >= 11 is 0. The number of carbonyl (C=O) groups is 8. The van der Waals surface area contributed by atoms with Crippen LogP contribution in [0.2, 0.25) is 0 Å². The third-order valence-electron chi connectivity index (χ3n) is 5.94. The molecule has 0 amide bonds. The molecular weight excluding hydrogens is 810 g/mol. The second-order valence-electron chi connectivity index (χ2n) is 10.6. The number of Topliss-reactive ketones (excluding diaryl/α,β-unsaturated/α-hetero) is 4. The van der Waals surface area contributed by atoms with Crippen LogP contribution in [0.25, 0.3) is 0 Å². The average molecular weight is 861 g/mol. The van der Waals surface area contributed by atoms with E-state index < -0.39 is 23.9 Å². The van der Waals surface area contributed by atoms with Gasteiger partial charge in [0, 0.05) is 102 Å². The molecule has 0 aliphatic rings. The van der Waals surface area contributed by atoms with E-state index in [0.29, 0.717) is 36.4 Å². The van der Waals surface area contributed by atoms with Gasteiger partial charge < -0.3 is 20.4 Å². The van der Waals surface area contributed by atoms with E-state index in [1.165, 1.54) is 0 Å². The summed E-state index contributed by atoms with van der Waals surface area (Å²) in [6.07, 6.45) is 1.52. The van der Waals surface area contributed by atoms with Crippen LogP contribution in [0, 0.1) is 0 Å². The van der Waals surface area contributed by atoms with Gasteiger partial charge in [0.25, 0.3) is 0 Å². The molecule has 4 N–H and O–H groups in total. The van der Waals surface area contributed by atoms with E-state index in [4.69, 9.17) is 20.4 Å². The molecule has 0 aliphatic heterocycles. The summed E-state index contributed by atoms with van der Waals surface area (Å²) in [5.74, 6) is -4.55. The standard InChI is InChI=1S/C15H22N2O6.C11H17NO4.C6H11NO2.2Y/c1-10(3-5-14(20)21)16-8-12(18)7-13(19)9-17-11(2)4-6-15(22)23;1-3-9(13)6-10(14)7-12-8(2)4-5-11(15)16;1-5(7-2)3-4-6(8)9;;/h3-9H2,1-2H3,(H,20,21)(H,22,23);3-7H2,1-2H3,(H,15,16);3-4H2,1-2H3,(H,8,9);;. The van der Waals surface area contributed by atoms with E-state index in [2.05, 4.69) is 20.0 Å². The fourth-order valence-electron chi connectivity index (χ4n) is 2.90. The van der Waals surface area contributed by atoms with Gasteiger partial charge in [-0.15, -0.1) is 0 Å². The molecule has 0 aromatic heterocycles. The van der Waals surface area contributed by atoms with Crippen LogP contribution in [-0.2, 0) is 104 Å². The number of hydrogen-bond donors (Lipinski definition) is 4. The predicted octanol–water partition coefficient (Wildman–Crippen LogP) is 3.35. The van der Waals surface area contributed by atoms with Crippen LogP contribution in [0.3, 0.4) is 0 Å². The minimum Gasteiger partial charge on any atom is -0.481 e. The molecule has 16 nitrogen and oxygen atoms in total. The quantitative estimate of drug-likeness (QED) is 0.0852. The Morgan fingerprint density at radius 3 is 0.880 bits per heavy atom. The Hall–Kier alpha value is -2.55. The first kappa shape index (κ1) is 56.8. The number of carbonyl (C=O) groups excluding carboxylic acids is 4. The number of carboxylic acids is 4. The van der Waals surface area contributed by atoms with E-state index >= 15 is 0 Å². The van der Waals surface area contributed by atoms with Crippen LogP contribution in [-0.4, -0.2) is 117 Å². The minimum atomic E-state index is -0.933. The zero-order valence-electron chi connectivity index (χ0n) is 29.9.